The quantitative estimate of drug-likeness (QED) is 0.831. The zero-order valence-electron chi connectivity index (χ0n) is 15.5. The molecule has 0 spiro atoms. The van der Waals surface area contributed by atoms with E-state index < -0.39 is 16.9 Å². The summed E-state index contributed by atoms with van der Waals surface area (Å²) in [7, 11) is 0. The van der Waals surface area contributed by atoms with Gasteiger partial charge >= 0.3 is 12.2 Å². The van der Waals surface area contributed by atoms with E-state index in [0.717, 1.165) is 0 Å². The predicted molar refractivity (Wildman–Crippen MR) is 88.6 cm³/mol. The standard InChI is InChI=1S/C17H30N2O5/c1-11(2)23-14(21)18-7-16(5)9-19(15(22)24-12(3)4)10-17(6,8-18)13(16)20/h11-13,20H,7-10H2,1-6H3. The minimum Gasteiger partial charge on any atom is -0.447 e. The minimum atomic E-state index is -0.614. The number of fused-ring (bicyclic) bond motifs is 2. The molecule has 7 nitrogen and oxygen atoms in total. The normalized spacial score (nSPS) is 33.0. The number of aliphatic hydroxyl groups excluding tert-OH is 1. The molecule has 2 fully saturated rings. The topological polar surface area (TPSA) is 79.3 Å². The van der Waals surface area contributed by atoms with Gasteiger partial charge in [-0.1, -0.05) is 13.8 Å². The average Bonchev–Trinajstić information content (AvgIpc) is 2.40. The highest BCUT2D eigenvalue weighted by molar-refractivity contribution is 5.70. The predicted octanol–water partition coefficient (Wildman–Crippen LogP) is 2.08. The number of carbonyl (C=O) groups is 2. The number of aliphatic hydroxyl groups is 1. The van der Waals surface area contributed by atoms with E-state index in [-0.39, 0.29) is 24.4 Å². The van der Waals surface area contributed by atoms with Gasteiger partial charge in [0.25, 0.3) is 0 Å². The van der Waals surface area contributed by atoms with E-state index in [1.807, 2.05) is 41.5 Å². The van der Waals surface area contributed by atoms with Crippen molar-refractivity contribution < 1.29 is 24.2 Å². The zero-order chi connectivity index (χ0) is 18.3. The SMILES string of the molecule is CC(C)OC(=O)N1CC2(C)CN(C(=O)OC(C)C)CC(C)(C1)C2O. The molecule has 2 rings (SSSR count). The first-order valence-corrected chi connectivity index (χ1v) is 8.56. The van der Waals surface area contributed by atoms with E-state index in [2.05, 4.69) is 0 Å². The maximum absolute atomic E-state index is 12.3. The van der Waals surface area contributed by atoms with Crippen LogP contribution in [-0.4, -0.2) is 71.6 Å². The van der Waals surface area contributed by atoms with Crippen LogP contribution >= 0.6 is 0 Å². The Balaban J connectivity index is 2.19. The third kappa shape index (κ3) is 3.61. The van der Waals surface area contributed by atoms with Crippen LogP contribution in [0.3, 0.4) is 0 Å². The highest BCUT2D eigenvalue weighted by Crippen LogP contribution is 2.46. The van der Waals surface area contributed by atoms with Crippen LogP contribution in [0.1, 0.15) is 41.5 Å². The summed E-state index contributed by atoms with van der Waals surface area (Å²) in [6.07, 6.45) is -1.72. The Morgan fingerprint density at radius 2 is 1.17 bits per heavy atom. The lowest BCUT2D eigenvalue weighted by atomic mass is 9.63. The maximum atomic E-state index is 12.3. The van der Waals surface area contributed by atoms with E-state index in [9.17, 15) is 14.7 Å². The second-order valence-corrected chi connectivity index (χ2v) is 8.29. The molecule has 0 aromatic carbocycles. The molecule has 1 N–H and O–H groups in total. The van der Waals surface area contributed by atoms with Crippen molar-refractivity contribution in [3.63, 3.8) is 0 Å². The minimum absolute atomic E-state index is 0.192. The number of carbonyl (C=O) groups excluding carboxylic acids is 2. The lowest BCUT2D eigenvalue weighted by molar-refractivity contribution is -0.164. The average molecular weight is 342 g/mol. The van der Waals surface area contributed by atoms with E-state index in [1.165, 1.54) is 0 Å². The van der Waals surface area contributed by atoms with Gasteiger partial charge < -0.3 is 24.4 Å². The van der Waals surface area contributed by atoms with Crippen LogP contribution in [0.2, 0.25) is 0 Å². The molecule has 24 heavy (non-hydrogen) atoms. The molecule has 2 amide bonds. The second kappa shape index (κ2) is 6.43. The van der Waals surface area contributed by atoms with Crippen molar-refractivity contribution in [1.29, 1.82) is 0 Å². The van der Waals surface area contributed by atoms with Crippen molar-refractivity contribution in [2.24, 2.45) is 10.8 Å². The fourth-order valence-corrected chi connectivity index (χ4v) is 3.95. The largest absolute Gasteiger partial charge is 0.447 e. The van der Waals surface area contributed by atoms with Gasteiger partial charge in [-0.05, 0) is 27.7 Å². The monoisotopic (exact) mass is 342 g/mol. The zero-order valence-corrected chi connectivity index (χ0v) is 15.5. The van der Waals surface area contributed by atoms with E-state index in [0.29, 0.717) is 26.2 Å². The molecular formula is C17H30N2O5. The Kier molecular flexibility index (Phi) is 5.04. The van der Waals surface area contributed by atoms with Gasteiger partial charge in [-0.15, -0.1) is 0 Å². The van der Waals surface area contributed by atoms with Crippen molar-refractivity contribution in [2.75, 3.05) is 26.2 Å². The van der Waals surface area contributed by atoms with Crippen LogP contribution in [0.4, 0.5) is 9.59 Å². The first kappa shape index (κ1) is 18.8. The molecule has 0 aromatic rings. The Morgan fingerprint density at radius 3 is 1.42 bits per heavy atom. The van der Waals surface area contributed by atoms with E-state index in [4.69, 9.17) is 9.47 Å². The van der Waals surface area contributed by atoms with Crippen LogP contribution in [-0.2, 0) is 9.47 Å². The highest BCUT2D eigenvalue weighted by atomic mass is 16.6. The molecule has 2 aliphatic heterocycles. The van der Waals surface area contributed by atoms with Crippen LogP contribution in [0, 0.1) is 10.8 Å². The van der Waals surface area contributed by atoms with Gasteiger partial charge in [-0.2, -0.15) is 0 Å². The summed E-state index contributed by atoms with van der Waals surface area (Å²) >= 11 is 0. The molecule has 0 saturated carbocycles. The molecule has 0 aromatic heterocycles. The molecule has 2 aliphatic rings. The van der Waals surface area contributed by atoms with Gasteiger partial charge in [0, 0.05) is 37.0 Å². The molecule has 138 valence electrons. The summed E-state index contributed by atoms with van der Waals surface area (Å²) in [6.45, 7) is 12.4. The summed E-state index contributed by atoms with van der Waals surface area (Å²) in [5.41, 5.74) is -1.23. The van der Waals surface area contributed by atoms with Crippen molar-refractivity contribution in [3.8, 4) is 0 Å². The van der Waals surface area contributed by atoms with Crippen molar-refractivity contribution in [2.45, 2.75) is 59.9 Å². The second-order valence-electron chi connectivity index (χ2n) is 8.29. The summed E-state index contributed by atoms with van der Waals surface area (Å²) in [5.74, 6) is 0. The van der Waals surface area contributed by atoms with Crippen LogP contribution in [0.25, 0.3) is 0 Å². The molecule has 2 bridgehead atoms. The lowest BCUT2D eigenvalue weighted by Gasteiger charge is -2.59. The number of nitrogens with zero attached hydrogens (tertiary/aromatic N) is 2. The van der Waals surface area contributed by atoms with Crippen LogP contribution in [0.15, 0.2) is 0 Å². The number of likely N-dealkylation sites (tertiary alicyclic amines) is 2. The fourth-order valence-electron chi connectivity index (χ4n) is 3.95. The molecule has 0 radical (unpaired) electrons. The number of ether oxygens (including phenoxy) is 2. The smallest absolute Gasteiger partial charge is 0.410 e. The number of hydrogen-bond acceptors (Lipinski definition) is 5. The van der Waals surface area contributed by atoms with Gasteiger partial charge in [-0.3, -0.25) is 0 Å². The molecule has 2 heterocycles. The molecule has 0 aliphatic carbocycles. The molecule has 7 heteroatoms. The van der Waals surface area contributed by atoms with Crippen molar-refractivity contribution in [3.05, 3.63) is 0 Å². The Bertz CT molecular complexity index is 449. The van der Waals surface area contributed by atoms with E-state index >= 15 is 0 Å². The van der Waals surface area contributed by atoms with Gasteiger partial charge in [0.1, 0.15) is 0 Å². The lowest BCUT2D eigenvalue weighted by Crippen LogP contribution is -2.71. The van der Waals surface area contributed by atoms with E-state index in [1.54, 1.807) is 9.80 Å². The molecule has 0 atom stereocenters. The number of rotatable bonds is 2. The summed E-state index contributed by atoms with van der Waals surface area (Å²) in [5, 5.41) is 10.8. The van der Waals surface area contributed by atoms with Gasteiger partial charge in [-0.25, -0.2) is 9.59 Å². The molecule has 0 unspecified atom stereocenters. The maximum Gasteiger partial charge on any atom is 0.410 e. The first-order chi connectivity index (χ1) is 11.0. The summed E-state index contributed by atoms with van der Waals surface area (Å²) in [4.78, 5) is 27.9. The van der Waals surface area contributed by atoms with Crippen molar-refractivity contribution >= 4 is 12.2 Å². The number of piperidine rings is 2. The van der Waals surface area contributed by atoms with Gasteiger partial charge in [0.05, 0.1) is 18.3 Å². The van der Waals surface area contributed by atoms with Crippen LogP contribution in [0.5, 0.6) is 0 Å². The third-order valence-electron chi connectivity index (χ3n) is 4.72. The molecule has 2 saturated heterocycles. The third-order valence-corrected chi connectivity index (χ3v) is 4.72. The Morgan fingerprint density at radius 1 is 0.875 bits per heavy atom. The number of hydrogen-bond donors (Lipinski definition) is 1. The molecular weight excluding hydrogens is 312 g/mol. The Labute approximate surface area is 143 Å². The fraction of sp³-hybridized carbons (Fsp3) is 0.882. The van der Waals surface area contributed by atoms with Crippen molar-refractivity contribution in [1.82, 2.24) is 9.80 Å². The first-order valence-electron chi connectivity index (χ1n) is 8.56. The van der Waals surface area contributed by atoms with Gasteiger partial charge in [0.2, 0.25) is 0 Å². The summed E-state index contributed by atoms with van der Waals surface area (Å²) < 4.78 is 10.6. The summed E-state index contributed by atoms with van der Waals surface area (Å²) in [6, 6.07) is 0. The Hall–Kier alpha value is -1.50. The number of amides is 2. The van der Waals surface area contributed by atoms with Gasteiger partial charge in [0.15, 0.2) is 0 Å². The highest BCUT2D eigenvalue weighted by Gasteiger charge is 2.57. The van der Waals surface area contributed by atoms with Crippen LogP contribution < -0.4 is 0 Å².